The lowest BCUT2D eigenvalue weighted by Gasteiger charge is -2.13. The molecule has 0 saturated carbocycles. The second kappa shape index (κ2) is 7.11. The molecular formula is C20H12ClNO2S2. The fraction of sp³-hybridized carbons (Fsp3) is 0. The summed E-state index contributed by atoms with van der Waals surface area (Å²) in [5, 5.41) is 0.671. The third kappa shape index (κ3) is 3.33. The first-order valence-corrected chi connectivity index (χ1v) is 9.41. The normalized spacial score (nSPS) is 15.9. The summed E-state index contributed by atoms with van der Waals surface area (Å²) < 4.78 is 6.36. The highest BCUT2D eigenvalue weighted by molar-refractivity contribution is 8.27. The van der Waals surface area contributed by atoms with E-state index in [2.05, 4.69) is 0 Å². The quantitative estimate of drug-likeness (QED) is 0.400. The van der Waals surface area contributed by atoms with Crippen LogP contribution in [0.4, 0.5) is 5.69 Å². The van der Waals surface area contributed by atoms with Gasteiger partial charge in [0.05, 0.1) is 10.6 Å². The number of hydrogen-bond acceptors (Lipinski definition) is 4. The molecule has 2 heterocycles. The van der Waals surface area contributed by atoms with E-state index in [-0.39, 0.29) is 5.91 Å². The van der Waals surface area contributed by atoms with Crippen LogP contribution < -0.4 is 4.90 Å². The van der Waals surface area contributed by atoms with Gasteiger partial charge in [0.2, 0.25) is 0 Å². The minimum absolute atomic E-state index is 0.143. The van der Waals surface area contributed by atoms with E-state index in [9.17, 15) is 4.79 Å². The number of benzene rings is 2. The van der Waals surface area contributed by atoms with Gasteiger partial charge in [0, 0.05) is 16.7 Å². The molecule has 0 bridgehead atoms. The summed E-state index contributed by atoms with van der Waals surface area (Å²) >= 11 is 12.6. The minimum atomic E-state index is -0.143. The molecule has 128 valence electrons. The van der Waals surface area contributed by atoms with Gasteiger partial charge >= 0.3 is 0 Å². The number of rotatable bonds is 3. The van der Waals surface area contributed by atoms with E-state index < -0.39 is 0 Å². The molecular weight excluding hydrogens is 386 g/mol. The first-order chi connectivity index (χ1) is 12.6. The van der Waals surface area contributed by atoms with E-state index in [1.807, 2.05) is 66.7 Å². The zero-order chi connectivity index (χ0) is 18.1. The lowest BCUT2D eigenvalue weighted by Crippen LogP contribution is -2.27. The Labute approximate surface area is 165 Å². The second-order valence-electron chi connectivity index (χ2n) is 5.56. The van der Waals surface area contributed by atoms with Crippen LogP contribution in [0.3, 0.4) is 0 Å². The zero-order valence-electron chi connectivity index (χ0n) is 13.4. The van der Waals surface area contributed by atoms with Crippen LogP contribution in [0.2, 0.25) is 5.02 Å². The van der Waals surface area contributed by atoms with E-state index in [0.29, 0.717) is 25.8 Å². The van der Waals surface area contributed by atoms with Crippen molar-refractivity contribution in [2.24, 2.45) is 0 Å². The highest BCUT2D eigenvalue weighted by Gasteiger charge is 2.33. The molecule has 3 nitrogen and oxygen atoms in total. The maximum Gasteiger partial charge on any atom is 0.270 e. The number of halogens is 1. The van der Waals surface area contributed by atoms with Crippen LogP contribution in [0.25, 0.3) is 17.4 Å². The average Bonchev–Trinajstić information content (AvgIpc) is 3.21. The lowest BCUT2D eigenvalue weighted by molar-refractivity contribution is -0.113. The van der Waals surface area contributed by atoms with Crippen LogP contribution in [0.1, 0.15) is 5.76 Å². The van der Waals surface area contributed by atoms with E-state index in [4.69, 9.17) is 28.2 Å². The molecule has 0 unspecified atom stereocenters. The van der Waals surface area contributed by atoms with Crippen molar-refractivity contribution in [2.45, 2.75) is 0 Å². The first kappa shape index (κ1) is 17.1. The second-order valence-corrected chi connectivity index (χ2v) is 7.67. The van der Waals surface area contributed by atoms with Crippen LogP contribution in [-0.4, -0.2) is 10.2 Å². The molecule has 1 aromatic heterocycles. The molecule has 0 radical (unpaired) electrons. The van der Waals surface area contributed by atoms with Crippen LogP contribution in [-0.2, 0) is 4.79 Å². The summed E-state index contributed by atoms with van der Waals surface area (Å²) in [6.45, 7) is 0. The number of carbonyl (C=O) groups excluding carboxylic acids is 1. The molecule has 1 aliphatic rings. The van der Waals surface area contributed by atoms with Crippen molar-refractivity contribution in [3.05, 3.63) is 82.4 Å². The molecule has 1 saturated heterocycles. The SMILES string of the molecule is O=C1/C(=C/c2ccc(-c3ccc(Cl)cc3)o2)SC(=S)N1c1ccccc1. The van der Waals surface area contributed by atoms with Crippen LogP contribution in [0.5, 0.6) is 0 Å². The smallest absolute Gasteiger partial charge is 0.270 e. The van der Waals surface area contributed by atoms with Gasteiger partial charge in [-0.05, 0) is 48.5 Å². The van der Waals surface area contributed by atoms with Gasteiger partial charge in [-0.1, -0.05) is 53.8 Å². The third-order valence-corrected chi connectivity index (χ3v) is 5.39. The molecule has 0 spiro atoms. The predicted octanol–water partition coefficient (Wildman–Crippen LogP) is 6.01. The van der Waals surface area contributed by atoms with Crippen molar-refractivity contribution >= 4 is 57.6 Å². The monoisotopic (exact) mass is 397 g/mol. The number of amides is 1. The number of furan rings is 1. The Bertz CT molecular complexity index is 1010. The van der Waals surface area contributed by atoms with Crippen molar-refractivity contribution in [3.63, 3.8) is 0 Å². The summed E-state index contributed by atoms with van der Waals surface area (Å²) in [6, 6.07) is 20.5. The average molecular weight is 398 g/mol. The molecule has 4 rings (SSSR count). The topological polar surface area (TPSA) is 33.5 Å². The largest absolute Gasteiger partial charge is 0.457 e. The van der Waals surface area contributed by atoms with Gasteiger partial charge in [0.25, 0.3) is 5.91 Å². The number of thiocarbonyl (C=S) groups is 1. The third-order valence-electron chi connectivity index (χ3n) is 3.84. The molecule has 1 aliphatic heterocycles. The molecule has 2 aromatic carbocycles. The van der Waals surface area contributed by atoms with Crippen molar-refractivity contribution < 1.29 is 9.21 Å². The predicted molar refractivity (Wildman–Crippen MR) is 111 cm³/mol. The molecule has 1 amide bonds. The van der Waals surface area contributed by atoms with Gasteiger partial charge in [-0.3, -0.25) is 9.69 Å². The number of para-hydroxylation sites is 1. The van der Waals surface area contributed by atoms with Crippen LogP contribution in [0.15, 0.2) is 76.1 Å². The van der Waals surface area contributed by atoms with Gasteiger partial charge < -0.3 is 4.42 Å². The Kier molecular flexibility index (Phi) is 4.68. The number of thioether (sulfide) groups is 1. The molecule has 0 N–H and O–H groups in total. The van der Waals surface area contributed by atoms with E-state index in [1.165, 1.54) is 16.7 Å². The molecule has 6 heteroatoms. The first-order valence-electron chi connectivity index (χ1n) is 7.80. The summed E-state index contributed by atoms with van der Waals surface area (Å²) in [4.78, 5) is 14.8. The number of hydrogen-bond donors (Lipinski definition) is 0. The van der Waals surface area contributed by atoms with Crippen molar-refractivity contribution in [1.29, 1.82) is 0 Å². The Morgan fingerprint density at radius 1 is 1.00 bits per heavy atom. The van der Waals surface area contributed by atoms with Crippen molar-refractivity contribution in [2.75, 3.05) is 4.90 Å². The summed E-state index contributed by atoms with van der Waals surface area (Å²) in [5.74, 6) is 1.17. The standard InChI is InChI=1S/C20H12ClNO2S2/c21-14-8-6-13(7-9-14)17-11-10-16(24-17)12-18-19(23)22(20(25)26-18)15-4-2-1-3-5-15/h1-12H/b18-12-. The highest BCUT2D eigenvalue weighted by atomic mass is 35.5. The van der Waals surface area contributed by atoms with Crippen molar-refractivity contribution in [1.82, 2.24) is 0 Å². The Balaban J connectivity index is 1.60. The summed E-state index contributed by atoms with van der Waals surface area (Å²) in [7, 11) is 0. The van der Waals surface area contributed by atoms with E-state index >= 15 is 0 Å². The van der Waals surface area contributed by atoms with Gasteiger partial charge in [-0.25, -0.2) is 0 Å². The summed E-state index contributed by atoms with van der Waals surface area (Å²) in [6.07, 6.45) is 1.72. The van der Waals surface area contributed by atoms with E-state index in [0.717, 1.165) is 11.3 Å². The Hall–Kier alpha value is -2.34. The maximum atomic E-state index is 12.7. The summed E-state index contributed by atoms with van der Waals surface area (Å²) in [5.41, 5.74) is 1.69. The Morgan fingerprint density at radius 3 is 2.46 bits per heavy atom. The highest BCUT2D eigenvalue weighted by Crippen LogP contribution is 2.36. The molecule has 26 heavy (non-hydrogen) atoms. The van der Waals surface area contributed by atoms with E-state index in [1.54, 1.807) is 6.08 Å². The number of carbonyl (C=O) groups is 1. The van der Waals surface area contributed by atoms with Crippen LogP contribution >= 0.6 is 35.6 Å². The van der Waals surface area contributed by atoms with Gasteiger partial charge in [-0.2, -0.15) is 0 Å². The fourth-order valence-corrected chi connectivity index (χ4v) is 4.00. The van der Waals surface area contributed by atoms with Gasteiger partial charge in [0.1, 0.15) is 11.5 Å². The maximum absolute atomic E-state index is 12.7. The zero-order valence-corrected chi connectivity index (χ0v) is 15.8. The molecule has 0 atom stereocenters. The van der Waals surface area contributed by atoms with Crippen LogP contribution in [0, 0.1) is 0 Å². The number of nitrogens with zero attached hydrogens (tertiary/aromatic N) is 1. The Morgan fingerprint density at radius 2 is 1.73 bits per heavy atom. The van der Waals surface area contributed by atoms with Gasteiger partial charge in [-0.15, -0.1) is 0 Å². The fourth-order valence-electron chi connectivity index (χ4n) is 2.60. The molecule has 1 fully saturated rings. The lowest BCUT2D eigenvalue weighted by atomic mass is 10.2. The number of anilines is 1. The molecule has 3 aromatic rings. The van der Waals surface area contributed by atoms with Gasteiger partial charge in [0.15, 0.2) is 4.32 Å². The van der Waals surface area contributed by atoms with Crippen molar-refractivity contribution in [3.8, 4) is 11.3 Å². The molecule has 0 aliphatic carbocycles. The minimum Gasteiger partial charge on any atom is -0.457 e.